The zero-order valence-corrected chi connectivity index (χ0v) is 11.9. The number of methoxy groups -OCH3 is 1. The number of benzene rings is 1. The van der Waals surface area contributed by atoms with Crippen LogP contribution in [0.5, 0.6) is 5.75 Å². The molecule has 19 heavy (non-hydrogen) atoms. The van der Waals surface area contributed by atoms with Crippen molar-refractivity contribution in [3.8, 4) is 5.75 Å². The smallest absolute Gasteiger partial charge is 0.135 e. The Labute approximate surface area is 115 Å². The van der Waals surface area contributed by atoms with Crippen LogP contribution < -0.4 is 4.74 Å². The lowest BCUT2D eigenvalue weighted by molar-refractivity contribution is -0.121. The van der Waals surface area contributed by atoms with Gasteiger partial charge in [0.1, 0.15) is 11.5 Å². The number of carbonyl (C=O) groups excluding carboxylic acids is 1. The number of carbonyl (C=O) groups is 1. The predicted octanol–water partition coefficient (Wildman–Crippen LogP) is 2.47. The fraction of sp³-hybridized carbons (Fsp3) is 0.562. The Morgan fingerprint density at radius 3 is 2.63 bits per heavy atom. The summed E-state index contributed by atoms with van der Waals surface area (Å²) < 4.78 is 5.43. The molecule has 3 heteroatoms. The zero-order valence-electron chi connectivity index (χ0n) is 11.9. The van der Waals surface area contributed by atoms with Crippen molar-refractivity contribution in [3.05, 3.63) is 29.3 Å². The van der Waals surface area contributed by atoms with E-state index in [-0.39, 0.29) is 0 Å². The lowest BCUT2D eigenvalue weighted by Gasteiger charge is -2.26. The van der Waals surface area contributed by atoms with Gasteiger partial charge in [-0.1, -0.05) is 19.1 Å². The quantitative estimate of drug-likeness (QED) is 0.815. The maximum absolute atomic E-state index is 11.2. The molecule has 0 atom stereocenters. The van der Waals surface area contributed by atoms with Gasteiger partial charge in [-0.2, -0.15) is 0 Å². The average Bonchev–Trinajstić information content (AvgIpc) is 2.46. The van der Waals surface area contributed by atoms with Gasteiger partial charge in [0.2, 0.25) is 0 Å². The molecule has 3 nitrogen and oxygen atoms in total. The monoisotopic (exact) mass is 261 g/mol. The largest absolute Gasteiger partial charge is 0.496 e. The second kappa shape index (κ2) is 6.71. The number of hydrogen-bond donors (Lipinski definition) is 0. The molecule has 0 aromatic heterocycles. The van der Waals surface area contributed by atoms with E-state index in [0.29, 0.717) is 18.6 Å². The summed E-state index contributed by atoms with van der Waals surface area (Å²) in [6, 6.07) is 6.43. The molecule has 0 N–H and O–H groups in total. The van der Waals surface area contributed by atoms with Gasteiger partial charge in [0.05, 0.1) is 7.11 Å². The summed E-state index contributed by atoms with van der Waals surface area (Å²) in [5, 5.41) is 0. The third kappa shape index (κ3) is 3.80. The molecule has 0 spiro atoms. The van der Waals surface area contributed by atoms with Gasteiger partial charge in [-0.25, -0.2) is 0 Å². The van der Waals surface area contributed by atoms with E-state index in [1.807, 2.05) is 0 Å². The highest BCUT2D eigenvalue weighted by Crippen LogP contribution is 2.21. The third-order valence-electron chi connectivity index (χ3n) is 3.86. The van der Waals surface area contributed by atoms with Crippen molar-refractivity contribution in [1.29, 1.82) is 0 Å². The minimum absolute atomic E-state index is 0.404. The molecule has 2 rings (SSSR count). The molecule has 1 aliphatic heterocycles. The van der Waals surface area contributed by atoms with Crippen molar-refractivity contribution < 1.29 is 9.53 Å². The maximum Gasteiger partial charge on any atom is 0.135 e. The molecule has 0 bridgehead atoms. The van der Waals surface area contributed by atoms with Crippen molar-refractivity contribution >= 4 is 5.78 Å². The first-order valence-electron chi connectivity index (χ1n) is 7.12. The van der Waals surface area contributed by atoms with Crippen molar-refractivity contribution in [1.82, 2.24) is 4.90 Å². The number of hydrogen-bond acceptors (Lipinski definition) is 3. The summed E-state index contributed by atoms with van der Waals surface area (Å²) in [4.78, 5) is 13.6. The van der Waals surface area contributed by atoms with E-state index in [4.69, 9.17) is 4.74 Å². The molecule has 0 aliphatic carbocycles. The topological polar surface area (TPSA) is 29.5 Å². The van der Waals surface area contributed by atoms with Crippen LogP contribution in [0, 0.1) is 0 Å². The Hall–Kier alpha value is -1.35. The minimum Gasteiger partial charge on any atom is -0.496 e. The molecular formula is C16H23NO2. The first-order valence-corrected chi connectivity index (χ1v) is 7.12. The summed E-state index contributed by atoms with van der Waals surface area (Å²) in [5.74, 6) is 1.38. The SMILES string of the molecule is CCc1ccc(OC)c(CCN2CCC(=O)CC2)c1. The van der Waals surface area contributed by atoms with Gasteiger partial charge in [0.25, 0.3) is 0 Å². The van der Waals surface area contributed by atoms with E-state index in [2.05, 4.69) is 30.0 Å². The highest BCUT2D eigenvalue weighted by atomic mass is 16.5. The highest BCUT2D eigenvalue weighted by Gasteiger charge is 2.16. The van der Waals surface area contributed by atoms with E-state index in [1.165, 1.54) is 11.1 Å². The highest BCUT2D eigenvalue weighted by molar-refractivity contribution is 5.79. The van der Waals surface area contributed by atoms with Gasteiger partial charge in [0.15, 0.2) is 0 Å². The average molecular weight is 261 g/mol. The van der Waals surface area contributed by atoms with Crippen LogP contribution in [0.2, 0.25) is 0 Å². The molecule has 0 unspecified atom stereocenters. The predicted molar refractivity (Wildman–Crippen MR) is 76.8 cm³/mol. The summed E-state index contributed by atoms with van der Waals surface area (Å²) >= 11 is 0. The molecule has 0 amide bonds. The van der Waals surface area contributed by atoms with Crippen LogP contribution in [0.3, 0.4) is 0 Å². The fourth-order valence-electron chi connectivity index (χ4n) is 2.55. The Kier molecular flexibility index (Phi) is 4.97. The van der Waals surface area contributed by atoms with Gasteiger partial charge in [-0.3, -0.25) is 4.79 Å². The molecule has 0 radical (unpaired) electrons. The standard InChI is InChI=1S/C16H23NO2/c1-3-13-4-5-16(19-2)14(12-13)6-9-17-10-7-15(18)8-11-17/h4-5,12H,3,6-11H2,1-2H3. The first-order chi connectivity index (χ1) is 9.22. The minimum atomic E-state index is 0.404. The number of nitrogens with zero attached hydrogens (tertiary/aromatic N) is 1. The van der Waals surface area contributed by atoms with Gasteiger partial charge < -0.3 is 9.64 Å². The van der Waals surface area contributed by atoms with E-state index in [0.717, 1.165) is 38.2 Å². The third-order valence-corrected chi connectivity index (χ3v) is 3.86. The summed E-state index contributed by atoms with van der Waals surface area (Å²) in [7, 11) is 1.73. The number of likely N-dealkylation sites (tertiary alicyclic amines) is 1. The normalized spacial score (nSPS) is 16.6. The van der Waals surface area contributed by atoms with Gasteiger partial charge >= 0.3 is 0 Å². The molecule has 1 aliphatic rings. The fourth-order valence-corrected chi connectivity index (χ4v) is 2.55. The lowest BCUT2D eigenvalue weighted by Crippen LogP contribution is -2.35. The van der Waals surface area contributed by atoms with E-state index in [9.17, 15) is 4.79 Å². The molecule has 0 saturated carbocycles. The van der Waals surface area contributed by atoms with Crippen LogP contribution >= 0.6 is 0 Å². The molecule has 1 aromatic rings. The van der Waals surface area contributed by atoms with Crippen LogP contribution in [0.4, 0.5) is 0 Å². The van der Waals surface area contributed by atoms with E-state index in [1.54, 1.807) is 7.11 Å². The summed E-state index contributed by atoms with van der Waals surface area (Å²) in [6.45, 7) is 5.00. The van der Waals surface area contributed by atoms with E-state index >= 15 is 0 Å². The Bertz CT molecular complexity index is 432. The number of ketones is 1. The van der Waals surface area contributed by atoms with Crippen LogP contribution in [-0.2, 0) is 17.6 Å². The molecule has 104 valence electrons. The van der Waals surface area contributed by atoms with Crippen molar-refractivity contribution in [2.24, 2.45) is 0 Å². The van der Waals surface area contributed by atoms with Gasteiger partial charge in [0, 0.05) is 32.5 Å². The summed E-state index contributed by atoms with van der Waals surface area (Å²) in [5.41, 5.74) is 2.63. The van der Waals surface area contributed by atoms with Gasteiger partial charge in [-0.05, 0) is 30.0 Å². The molecule has 1 saturated heterocycles. The number of aryl methyl sites for hydroxylation is 1. The van der Waals surface area contributed by atoms with Crippen LogP contribution in [0.1, 0.15) is 30.9 Å². The molecule has 1 fully saturated rings. The maximum atomic E-state index is 11.2. The zero-order chi connectivity index (χ0) is 13.7. The van der Waals surface area contributed by atoms with Crippen molar-refractivity contribution in [2.45, 2.75) is 32.6 Å². The van der Waals surface area contributed by atoms with Crippen LogP contribution in [-0.4, -0.2) is 37.4 Å². The number of rotatable bonds is 5. The summed E-state index contributed by atoms with van der Waals surface area (Å²) in [6.07, 6.45) is 3.47. The first kappa shape index (κ1) is 14.1. The second-order valence-corrected chi connectivity index (χ2v) is 5.13. The number of piperidine rings is 1. The lowest BCUT2D eigenvalue weighted by atomic mass is 10.0. The Morgan fingerprint density at radius 1 is 1.26 bits per heavy atom. The van der Waals surface area contributed by atoms with Gasteiger partial charge in [-0.15, -0.1) is 0 Å². The molecule has 1 aromatic carbocycles. The number of Topliss-reactive ketones (excluding diaryl/α,β-unsaturated/α-hetero) is 1. The molecule has 1 heterocycles. The second-order valence-electron chi connectivity index (χ2n) is 5.13. The molecular weight excluding hydrogens is 238 g/mol. The Morgan fingerprint density at radius 2 is 2.00 bits per heavy atom. The van der Waals surface area contributed by atoms with Crippen molar-refractivity contribution in [2.75, 3.05) is 26.7 Å². The van der Waals surface area contributed by atoms with Crippen LogP contribution in [0.15, 0.2) is 18.2 Å². The van der Waals surface area contributed by atoms with Crippen molar-refractivity contribution in [3.63, 3.8) is 0 Å². The Balaban J connectivity index is 1.96. The van der Waals surface area contributed by atoms with Crippen LogP contribution in [0.25, 0.3) is 0 Å². The number of ether oxygens (including phenoxy) is 1. The van der Waals surface area contributed by atoms with E-state index < -0.39 is 0 Å².